The van der Waals surface area contributed by atoms with E-state index in [4.69, 9.17) is 15.9 Å². The van der Waals surface area contributed by atoms with Crippen LogP contribution in [0.15, 0.2) is 24.3 Å². The maximum absolute atomic E-state index is 10.2. The van der Waals surface area contributed by atoms with Crippen LogP contribution >= 0.6 is 0 Å². The number of carbonyl (C=O) groups excluding carboxylic acids is 1. The topological polar surface area (TPSA) is 88.2 Å². The lowest BCUT2D eigenvalue weighted by atomic mass is 10.3. The van der Waals surface area contributed by atoms with Gasteiger partial charge in [0.1, 0.15) is 18.2 Å². The summed E-state index contributed by atoms with van der Waals surface area (Å²) in [6.45, 7) is 0.0115. The summed E-state index contributed by atoms with van der Waals surface area (Å²) in [5, 5.41) is 9.46. The number of rotatable bonds is 5. The van der Waals surface area contributed by atoms with E-state index in [9.17, 15) is 4.79 Å². The predicted octanol–water partition coefficient (Wildman–Crippen LogP) is 0.570. The molecule has 0 aromatic heterocycles. The van der Waals surface area contributed by atoms with Gasteiger partial charge in [0.25, 0.3) is 0 Å². The largest absolute Gasteiger partial charge is 0.484 e. The number of nitrogens with one attached hydrogen (secondary N) is 2. The highest BCUT2D eigenvalue weighted by Gasteiger charge is 2.01. The van der Waals surface area contributed by atoms with Crippen LogP contribution < -0.4 is 15.8 Å². The van der Waals surface area contributed by atoms with Gasteiger partial charge in [0.2, 0.25) is 6.41 Å². The average Bonchev–Trinajstić information content (AvgIpc) is 2.17. The average molecular weight is 193 g/mol. The fourth-order valence-corrected chi connectivity index (χ4v) is 0.931. The molecule has 0 aliphatic rings. The Morgan fingerprint density at radius 3 is 2.93 bits per heavy atom. The van der Waals surface area contributed by atoms with Crippen molar-refractivity contribution in [2.75, 3.05) is 11.9 Å². The summed E-state index contributed by atoms with van der Waals surface area (Å²) in [5.41, 5.74) is 5.69. The quantitative estimate of drug-likeness (QED) is 0.363. The minimum Gasteiger partial charge on any atom is -0.484 e. The van der Waals surface area contributed by atoms with E-state index in [1.54, 1.807) is 24.3 Å². The molecule has 0 aliphatic heterocycles. The third-order valence-corrected chi connectivity index (χ3v) is 1.48. The van der Waals surface area contributed by atoms with Crippen LogP contribution in [0.5, 0.6) is 5.75 Å². The van der Waals surface area contributed by atoms with E-state index in [2.05, 4.69) is 5.32 Å². The van der Waals surface area contributed by atoms with Gasteiger partial charge < -0.3 is 15.8 Å². The van der Waals surface area contributed by atoms with Gasteiger partial charge in [-0.25, -0.2) is 0 Å². The molecule has 74 valence electrons. The molecule has 0 heterocycles. The molecule has 0 unspecified atom stereocenters. The molecule has 0 saturated heterocycles. The fraction of sp³-hybridized carbons (Fsp3) is 0.111. The van der Waals surface area contributed by atoms with Crippen LogP contribution in [0.2, 0.25) is 0 Å². The summed E-state index contributed by atoms with van der Waals surface area (Å²) in [4.78, 5) is 10.2. The van der Waals surface area contributed by atoms with Gasteiger partial charge in [0.05, 0.1) is 5.69 Å². The monoisotopic (exact) mass is 193 g/mol. The molecule has 1 rings (SSSR count). The van der Waals surface area contributed by atoms with Gasteiger partial charge in [0, 0.05) is 0 Å². The third kappa shape index (κ3) is 2.78. The second-order valence-electron chi connectivity index (χ2n) is 2.57. The maximum Gasteiger partial charge on any atom is 0.211 e. The van der Waals surface area contributed by atoms with E-state index < -0.39 is 0 Å². The van der Waals surface area contributed by atoms with Crippen LogP contribution in [0, 0.1) is 5.41 Å². The summed E-state index contributed by atoms with van der Waals surface area (Å²) in [7, 11) is 0. The normalized spacial score (nSPS) is 9.14. The van der Waals surface area contributed by atoms with Crippen LogP contribution in [0.1, 0.15) is 0 Å². The Balaban J connectivity index is 2.73. The Morgan fingerprint density at radius 1 is 1.57 bits per heavy atom. The number of benzene rings is 1. The van der Waals surface area contributed by atoms with Crippen LogP contribution in [0.25, 0.3) is 0 Å². The van der Waals surface area contributed by atoms with Crippen molar-refractivity contribution in [1.82, 2.24) is 0 Å². The third-order valence-electron chi connectivity index (χ3n) is 1.48. The van der Waals surface area contributed by atoms with Gasteiger partial charge in [-0.3, -0.25) is 10.2 Å². The Kier molecular flexibility index (Phi) is 3.49. The standard InChI is InChI=1S/C9H11N3O2/c10-9(11)5-14-8-4-2-1-3-7(8)12-6-13/h1-4,6H,5H2,(H3,10,11)(H,12,13). The second-order valence-corrected chi connectivity index (χ2v) is 2.57. The van der Waals surface area contributed by atoms with Gasteiger partial charge in [-0.1, -0.05) is 12.1 Å². The van der Waals surface area contributed by atoms with Crippen LogP contribution in [-0.2, 0) is 4.79 Å². The molecule has 0 bridgehead atoms. The number of anilines is 1. The molecule has 5 nitrogen and oxygen atoms in total. The first kappa shape index (κ1) is 10.0. The summed E-state index contributed by atoms with van der Waals surface area (Å²) in [6.07, 6.45) is 0.565. The van der Waals surface area contributed by atoms with E-state index in [1.165, 1.54) is 0 Å². The Morgan fingerprint density at radius 2 is 2.29 bits per heavy atom. The molecule has 1 aromatic rings. The number of amidine groups is 1. The van der Waals surface area contributed by atoms with E-state index in [0.717, 1.165) is 0 Å². The minimum absolute atomic E-state index is 0.0115. The summed E-state index contributed by atoms with van der Waals surface area (Å²) in [5.74, 6) is 0.431. The van der Waals surface area contributed by atoms with Crippen molar-refractivity contribution in [3.63, 3.8) is 0 Å². The lowest BCUT2D eigenvalue weighted by Gasteiger charge is -2.08. The van der Waals surface area contributed by atoms with Crippen LogP contribution in [-0.4, -0.2) is 18.9 Å². The first-order valence-electron chi connectivity index (χ1n) is 3.99. The molecule has 14 heavy (non-hydrogen) atoms. The van der Waals surface area contributed by atoms with E-state index in [-0.39, 0.29) is 12.4 Å². The molecule has 5 heteroatoms. The smallest absolute Gasteiger partial charge is 0.211 e. The SMILES string of the molecule is N=C(N)COc1ccccc1NC=O. The molecular formula is C9H11N3O2. The summed E-state index contributed by atoms with van der Waals surface area (Å²) in [6, 6.07) is 6.93. The second kappa shape index (κ2) is 4.86. The molecule has 0 radical (unpaired) electrons. The van der Waals surface area contributed by atoms with E-state index in [0.29, 0.717) is 17.8 Å². The molecular weight excluding hydrogens is 182 g/mol. The number of carbonyl (C=O) groups is 1. The zero-order valence-electron chi connectivity index (χ0n) is 7.49. The number of hydrogen-bond donors (Lipinski definition) is 3. The number of ether oxygens (including phenoxy) is 1. The lowest BCUT2D eigenvalue weighted by Crippen LogP contribution is -2.19. The highest BCUT2D eigenvalue weighted by Crippen LogP contribution is 2.22. The number of hydrogen-bond acceptors (Lipinski definition) is 3. The van der Waals surface area contributed by atoms with Crippen molar-refractivity contribution < 1.29 is 9.53 Å². The summed E-state index contributed by atoms with van der Waals surface area (Å²) < 4.78 is 5.18. The molecule has 0 fully saturated rings. The lowest BCUT2D eigenvalue weighted by molar-refractivity contribution is -0.105. The minimum atomic E-state index is -0.0640. The van der Waals surface area contributed by atoms with Gasteiger partial charge in [-0.15, -0.1) is 0 Å². The van der Waals surface area contributed by atoms with Gasteiger partial charge in [-0.2, -0.15) is 0 Å². The molecule has 0 spiro atoms. The highest BCUT2D eigenvalue weighted by molar-refractivity contribution is 5.79. The van der Waals surface area contributed by atoms with Gasteiger partial charge >= 0.3 is 0 Å². The molecule has 4 N–H and O–H groups in total. The molecule has 1 aromatic carbocycles. The van der Waals surface area contributed by atoms with Crippen LogP contribution in [0.4, 0.5) is 5.69 Å². The number of nitrogens with two attached hydrogens (primary N) is 1. The van der Waals surface area contributed by atoms with Gasteiger partial charge in [0.15, 0.2) is 0 Å². The number of amides is 1. The number of para-hydroxylation sites is 2. The summed E-state index contributed by atoms with van der Waals surface area (Å²) >= 11 is 0. The van der Waals surface area contributed by atoms with Gasteiger partial charge in [-0.05, 0) is 12.1 Å². The van der Waals surface area contributed by atoms with E-state index >= 15 is 0 Å². The molecule has 0 aliphatic carbocycles. The van der Waals surface area contributed by atoms with Crippen molar-refractivity contribution in [3.05, 3.63) is 24.3 Å². The fourth-order valence-electron chi connectivity index (χ4n) is 0.931. The zero-order chi connectivity index (χ0) is 10.4. The Hall–Kier alpha value is -2.04. The Labute approximate surface area is 81.4 Å². The van der Waals surface area contributed by atoms with Crippen molar-refractivity contribution >= 4 is 17.9 Å². The Bertz CT molecular complexity index is 339. The van der Waals surface area contributed by atoms with Crippen molar-refractivity contribution in [1.29, 1.82) is 5.41 Å². The molecule has 0 atom stereocenters. The maximum atomic E-state index is 10.2. The molecule has 0 saturated carbocycles. The first-order chi connectivity index (χ1) is 6.74. The highest BCUT2D eigenvalue weighted by atomic mass is 16.5. The first-order valence-corrected chi connectivity index (χ1v) is 3.99. The predicted molar refractivity (Wildman–Crippen MR) is 53.5 cm³/mol. The van der Waals surface area contributed by atoms with E-state index in [1.807, 2.05) is 0 Å². The zero-order valence-corrected chi connectivity index (χ0v) is 7.49. The van der Waals surface area contributed by atoms with Crippen molar-refractivity contribution in [2.45, 2.75) is 0 Å². The van der Waals surface area contributed by atoms with Crippen molar-refractivity contribution in [2.24, 2.45) is 5.73 Å². The van der Waals surface area contributed by atoms with Crippen molar-refractivity contribution in [3.8, 4) is 5.75 Å². The molecule has 1 amide bonds. The van der Waals surface area contributed by atoms with Crippen LogP contribution in [0.3, 0.4) is 0 Å².